The average molecular weight is 378 g/mol. The number of fused-ring (bicyclic) bond motifs is 1. The quantitative estimate of drug-likeness (QED) is 0.627. The summed E-state index contributed by atoms with van der Waals surface area (Å²) in [5.74, 6) is 0.208. The molecule has 2 aliphatic rings. The Kier molecular flexibility index (Phi) is 4.60. The highest BCUT2D eigenvalue weighted by molar-refractivity contribution is 6.07. The van der Waals surface area contributed by atoms with Crippen molar-refractivity contribution in [3.8, 4) is 0 Å². The SMILES string of the molecule is O=[N+]([O-])c1ccc(/C=C2\CCC[C@H]3C2=NN[C@H]3c2ccc([N+](=O)[O-])cc2)cc1. The van der Waals surface area contributed by atoms with Gasteiger partial charge in [0, 0.05) is 30.2 Å². The number of benzene rings is 2. The van der Waals surface area contributed by atoms with Gasteiger partial charge in [-0.05, 0) is 54.2 Å². The van der Waals surface area contributed by atoms with E-state index in [0.29, 0.717) is 0 Å². The van der Waals surface area contributed by atoms with E-state index in [1.807, 2.05) is 6.08 Å². The fourth-order valence-corrected chi connectivity index (χ4v) is 3.87. The van der Waals surface area contributed by atoms with Gasteiger partial charge in [-0.1, -0.05) is 12.1 Å². The summed E-state index contributed by atoms with van der Waals surface area (Å²) in [4.78, 5) is 20.9. The molecule has 0 saturated heterocycles. The predicted molar refractivity (Wildman–Crippen MR) is 105 cm³/mol. The number of hydrogen-bond acceptors (Lipinski definition) is 6. The average Bonchev–Trinajstić information content (AvgIpc) is 3.13. The second-order valence-corrected chi connectivity index (χ2v) is 6.97. The molecule has 0 aromatic heterocycles. The molecule has 2 atom stereocenters. The second kappa shape index (κ2) is 7.22. The number of nitrogens with zero attached hydrogens (tertiary/aromatic N) is 3. The Labute approximate surface area is 160 Å². The normalized spacial score (nSPS) is 22.3. The highest BCUT2D eigenvalue weighted by atomic mass is 16.6. The molecular formula is C20H18N4O4. The second-order valence-electron chi connectivity index (χ2n) is 6.97. The summed E-state index contributed by atoms with van der Waals surface area (Å²) in [7, 11) is 0. The highest BCUT2D eigenvalue weighted by Crippen LogP contribution is 2.39. The van der Waals surface area contributed by atoms with Crippen LogP contribution in [-0.4, -0.2) is 15.6 Å². The fraction of sp³-hybridized carbons (Fsp3) is 0.250. The molecule has 8 heteroatoms. The molecule has 0 spiro atoms. The molecule has 8 nitrogen and oxygen atoms in total. The van der Waals surface area contributed by atoms with E-state index < -0.39 is 9.85 Å². The fourth-order valence-electron chi connectivity index (χ4n) is 3.87. The standard InChI is InChI=1S/C20H18N4O4/c25-23(26)16-8-4-13(5-9-16)12-15-2-1-3-18-19(21-22-20(15)18)14-6-10-17(11-7-14)24(27)28/h4-12,18-19,21H,1-3H2/b15-12+/t18-,19+/m1/s1. The maximum Gasteiger partial charge on any atom is 0.269 e. The maximum atomic E-state index is 10.9. The molecular weight excluding hydrogens is 360 g/mol. The van der Waals surface area contributed by atoms with E-state index in [1.165, 1.54) is 24.3 Å². The van der Waals surface area contributed by atoms with Crippen molar-refractivity contribution in [1.82, 2.24) is 5.43 Å². The third-order valence-electron chi connectivity index (χ3n) is 5.28. The molecule has 1 N–H and O–H groups in total. The molecule has 1 aliphatic heterocycles. The van der Waals surface area contributed by atoms with E-state index in [4.69, 9.17) is 0 Å². The van der Waals surface area contributed by atoms with Gasteiger partial charge in [0.15, 0.2) is 0 Å². The highest BCUT2D eigenvalue weighted by Gasteiger charge is 2.36. The summed E-state index contributed by atoms with van der Waals surface area (Å²) < 4.78 is 0. The number of nitrogens with one attached hydrogen (secondary N) is 1. The van der Waals surface area contributed by atoms with Gasteiger partial charge in [-0.15, -0.1) is 0 Å². The van der Waals surface area contributed by atoms with E-state index in [2.05, 4.69) is 10.5 Å². The van der Waals surface area contributed by atoms with Crippen molar-refractivity contribution >= 4 is 23.2 Å². The number of hydrazone groups is 1. The van der Waals surface area contributed by atoms with Crippen molar-refractivity contribution < 1.29 is 9.85 Å². The summed E-state index contributed by atoms with van der Waals surface area (Å²) in [5, 5.41) is 26.2. The topological polar surface area (TPSA) is 111 Å². The minimum absolute atomic E-state index is 0.00337. The van der Waals surface area contributed by atoms with Gasteiger partial charge in [-0.25, -0.2) is 0 Å². The van der Waals surface area contributed by atoms with Gasteiger partial charge in [0.1, 0.15) is 0 Å². The van der Waals surface area contributed by atoms with Crippen LogP contribution in [0.2, 0.25) is 0 Å². The van der Waals surface area contributed by atoms with Crippen molar-refractivity contribution in [2.45, 2.75) is 25.3 Å². The number of rotatable bonds is 4. The molecule has 1 saturated carbocycles. The molecule has 2 aromatic rings. The Morgan fingerprint density at radius 3 is 2.18 bits per heavy atom. The van der Waals surface area contributed by atoms with Gasteiger partial charge in [0.2, 0.25) is 0 Å². The Morgan fingerprint density at radius 2 is 1.57 bits per heavy atom. The van der Waals surface area contributed by atoms with Crippen molar-refractivity contribution in [1.29, 1.82) is 0 Å². The first-order chi connectivity index (χ1) is 13.5. The molecule has 0 amide bonds. The van der Waals surface area contributed by atoms with Crippen LogP contribution in [0.3, 0.4) is 0 Å². The number of nitro benzene ring substituents is 2. The smallest absolute Gasteiger partial charge is 0.269 e. The van der Waals surface area contributed by atoms with Gasteiger partial charge in [0.25, 0.3) is 11.4 Å². The molecule has 0 radical (unpaired) electrons. The Morgan fingerprint density at radius 1 is 0.964 bits per heavy atom. The van der Waals surface area contributed by atoms with E-state index in [0.717, 1.165) is 41.7 Å². The summed E-state index contributed by atoms with van der Waals surface area (Å²) >= 11 is 0. The molecule has 4 rings (SSSR count). The molecule has 1 fully saturated rings. The van der Waals surface area contributed by atoms with Crippen LogP contribution in [0.1, 0.15) is 36.4 Å². The van der Waals surface area contributed by atoms with E-state index in [-0.39, 0.29) is 23.3 Å². The Bertz CT molecular complexity index is 980. The first kappa shape index (κ1) is 17.8. The number of non-ortho nitro benzene ring substituents is 2. The largest absolute Gasteiger partial charge is 0.302 e. The maximum absolute atomic E-state index is 10.9. The number of allylic oxidation sites excluding steroid dienone is 1. The van der Waals surface area contributed by atoms with Crippen molar-refractivity contribution in [2.24, 2.45) is 11.0 Å². The van der Waals surface area contributed by atoms with E-state index >= 15 is 0 Å². The molecule has 0 unspecified atom stereocenters. The molecule has 2 aromatic carbocycles. The van der Waals surface area contributed by atoms with Crippen molar-refractivity contribution in [3.05, 3.63) is 85.5 Å². The minimum Gasteiger partial charge on any atom is -0.302 e. The first-order valence-corrected chi connectivity index (χ1v) is 9.06. The van der Waals surface area contributed by atoms with Gasteiger partial charge in [0.05, 0.1) is 21.6 Å². The summed E-state index contributed by atoms with van der Waals surface area (Å²) in [6.07, 6.45) is 4.95. The van der Waals surface area contributed by atoms with Crippen LogP contribution in [0.25, 0.3) is 6.08 Å². The monoisotopic (exact) mass is 378 g/mol. The molecule has 0 bridgehead atoms. The first-order valence-electron chi connectivity index (χ1n) is 9.06. The van der Waals surface area contributed by atoms with Crippen LogP contribution >= 0.6 is 0 Å². The number of nitro groups is 2. The van der Waals surface area contributed by atoms with Crippen molar-refractivity contribution in [2.75, 3.05) is 0 Å². The van der Waals surface area contributed by atoms with Crippen LogP contribution in [0, 0.1) is 26.1 Å². The summed E-state index contributed by atoms with van der Waals surface area (Å²) in [5.41, 5.74) is 7.35. The van der Waals surface area contributed by atoms with Gasteiger partial charge in [-0.3, -0.25) is 20.2 Å². The lowest BCUT2D eigenvalue weighted by Crippen LogP contribution is -2.25. The third kappa shape index (κ3) is 3.36. The summed E-state index contributed by atoms with van der Waals surface area (Å²) in [6, 6.07) is 13.1. The zero-order valence-corrected chi connectivity index (χ0v) is 14.9. The minimum atomic E-state index is -0.409. The van der Waals surface area contributed by atoms with Crippen LogP contribution < -0.4 is 5.43 Å². The Hall–Kier alpha value is -3.55. The van der Waals surface area contributed by atoms with E-state index in [9.17, 15) is 20.2 Å². The van der Waals surface area contributed by atoms with Crippen LogP contribution in [0.15, 0.2) is 59.2 Å². The molecule has 142 valence electrons. The lowest BCUT2D eigenvalue weighted by Gasteiger charge is -2.26. The van der Waals surface area contributed by atoms with Crippen LogP contribution in [0.5, 0.6) is 0 Å². The van der Waals surface area contributed by atoms with Gasteiger partial charge >= 0.3 is 0 Å². The third-order valence-corrected chi connectivity index (χ3v) is 5.28. The Balaban J connectivity index is 1.56. The lowest BCUT2D eigenvalue weighted by atomic mass is 9.78. The molecule has 1 heterocycles. The lowest BCUT2D eigenvalue weighted by molar-refractivity contribution is -0.385. The zero-order valence-electron chi connectivity index (χ0n) is 14.9. The molecule has 28 heavy (non-hydrogen) atoms. The van der Waals surface area contributed by atoms with Gasteiger partial charge in [-0.2, -0.15) is 5.10 Å². The van der Waals surface area contributed by atoms with Gasteiger partial charge < -0.3 is 5.43 Å². The molecule has 1 aliphatic carbocycles. The van der Waals surface area contributed by atoms with E-state index in [1.54, 1.807) is 24.3 Å². The summed E-state index contributed by atoms with van der Waals surface area (Å²) in [6.45, 7) is 0. The van der Waals surface area contributed by atoms with Crippen molar-refractivity contribution in [3.63, 3.8) is 0 Å². The predicted octanol–water partition coefficient (Wildman–Crippen LogP) is 4.39. The number of hydrogen-bond donors (Lipinski definition) is 1. The van der Waals surface area contributed by atoms with Crippen LogP contribution in [-0.2, 0) is 0 Å². The zero-order chi connectivity index (χ0) is 19.7. The van der Waals surface area contributed by atoms with Crippen LogP contribution in [0.4, 0.5) is 11.4 Å².